The second kappa shape index (κ2) is 3.36. The van der Waals surface area contributed by atoms with Crippen LogP contribution in [0.2, 0.25) is 0 Å². The van der Waals surface area contributed by atoms with Gasteiger partial charge in [-0.15, -0.1) is 0 Å². The standard InChI is InChI=1S/C8H12F2N2/c1-12-5-3-8(9,10)7(6-12)2-4-11/h7H,2-3,5-6H2,1H3. The molecule has 0 spiro atoms. The van der Waals surface area contributed by atoms with Gasteiger partial charge in [-0.05, 0) is 7.05 Å². The molecule has 12 heavy (non-hydrogen) atoms. The molecule has 68 valence electrons. The highest BCUT2D eigenvalue weighted by Gasteiger charge is 2.42. The molecule has 1 aliphatic rings. The molecule has 0 saturated carbocycles. The summed E-state index contributed by atoms with van der Waals surface area (Å²) in [6.45, 7) is 0.759. The van der Waals surface area contributed by atoms with E-state index in [2.05, 4.69) is 0 Å². The van der Waals surface area contributed by atoms with Crippen molar-refractivity contribution in [2.24, 2.45) is 5.92 Å². The maximum Gasteiger partial charge on any atom is 0.254 e. The van der Waals surface area contributed by atoms with Crippen molar-refractivity contribution >= 4 is 0 Å². The Morgan fingerprint density at radius 2 is 2.33 bits per heavy atom. The minimum atomic E-state index is -2.64. The molecular formula is C8H12F2N2. The average Bonchev–Trinajstić information content (AvgIpc) is 1.98. The summed E-state index contributed by atoms with van der Waals surface area (Å²) in [7, 11) is 1.81. The number of alkyl halides is 2. The van der Waals surface area contributed by atoms with E-state index >= 15 is 0 Å². The number of halogens is 2. The summed E-state index contributed by atoms with van der Waals surface area (Å²) in [5, 5.41) is 8.34. The van der Waals surface area contributed by atoms with Crippen LogP contribution >= 0.6 is 0 Å². The Bertz CT molecular complexity index is 198. The van der Waals surface area contributed by atoms with Crippen LogP contribution in [0.1, 0.15) is 12.8 Å². The van der Waals surface area contributed by atoms with Crippen LogP contribution in [0.4, 0.5) is 8.78 Å². The number of hydrogen-bond donors (Lipinski definition) is 0. The van der Waals surface area contributed by atoms with Gasteiger partial charge in [-0.3, -0.25) is 0 Å². The first kappa shape index (κ1) is 9.40. The summed E-state index contributed by atoms with van der Waals surface area (Å²) in [6, 6.07) is 1.81. The van der Waals surface area contributed by atoms with Crippen LogP contribution in [0, 0.1) is 17.2 Å². The van der Waals surface area contributed by atoms with Gasteiger partial charge in [-0.1, -0.05) is 0 Å². The van der Waals surface area contributed by atoms with E-state index < -0.39 is 11.8 Å². The Morgan fingerprint density at radius 1 is 1.67 bits per heavy atom. The SMILES string of the molecule is CN1CCC(F)(F)C(CC#N)C1. The molecule has 1 unspecified atom stereocenters. The van der Waals surface area contributed by atoms with Crippen LogP contribution in [0.25, 0.3) is 0 Å². The molecule has 1 fully saturated rings. The molecule has 0 amide bonds. The van der Waals surface area contributed by atoms with Gasteiger partial charge in [0.25, 0.3) is 5.92 Å². The van der Waals surface area contributed by atoms with E-state index in [9.17, 15) is 8.78 Å². The summed E-state index contributed by atoms with van der Waals surface area (Å²) in [4.78, 5) is 1.85. The van der Waals surface area contributed by atoms with E-state index in [1.807, 2.05) is 4.90 Å². The van der Waals surface area contributed by atoms with E-state index in [1.165, 1.54) is 0 Å². The number of piperidine rings is 1. The van der Waals surface area contributed by atoms with Crippen molar-refractivity contribution in [3.63, 3.8) is 0 Å². The third-order valence-corrected chi connectivity index (χ3v) is 2.29. The largest absolute Gasteiger partial charge is 0.306 e. The van der Waals surface area contributed by atoms with Crippen molar-refractivity contribution in [2.75, 3.05) is 20.1 Å². The minimum absolute atomic E-state index is 0.0443. The smallest absolute Gasteiger partial charge is 0.254 e. The van der Waals surface area contributed by atoms with Gasteiger partial charge in [0.15, 0.2) is 0 Å². The van der Waals surface area contributed by atoms with Crippen LogP contribution in [0.3, 0.4) is 0 Å². The summed E-state index contributed by atoms with van der Waals surface area (Å²) in [6.07, 6.45) is -0.160. The van der Waals surface area contributed by atoms with E-state index in [4.69, 9.17) is 5.26 Å². The van der Waals surface area contributed by atoms with Gasteiger partial charge in [0.1, 0.15) is 0 Å². The van der Waals surface area contributed by atoms with Crippen molar-refractivity contribution in [3.05, 3.63) is 0 Å². The zero-order valence-electron chi connectivity index (χ0n) is 7.06. The van der Waals surface area contributed by atoms with Gasteiger partial charge in [-0.25, -0.2) is 8.78 Å². The van der Waals surface area contributed by atoms with Crippen LogP contribution < -0.4 is 0 Å². The first-order valence-corrected chi connectivity index (χ1v) is 3.99. The van der Waals surface area contributed by atoms with Crippen LogP contribution in [-0.2, 0) is 0 Å². The van der Waals surface area contributed by atoms with E-state index in [1.54, 1.807) is 13.1 Å². The molecule has 0 aromatic carbocycles. The zero-order chi connectivity index (χ0) is 9.19. The lowest BCUT2D eigenvalue weighted by atomic mass is 9.91. The summed E-state index contributed by atoms with van der Waals surface area (Å²) < 4.78 is 26.1. The zero-order valence-corrected chi connectivity index (χ0v) is 7.06. The average molecular weight is 174 g/mol. The van der Waals surface area contributed by atoms with Gasteiger partial charge in [0.2, 0.25) is 0 Å². The first-order chi connectivity index (χ1) is 5.56. The maximum atomic E-state index is 13.1. The Labute approximate surface area is 70.8 Å². The summed E-state index contributed by atoms with van der Waals surface area (Å²) in [5.74, 6) is -3.41. The molecule has 2 nitrogen and oxygen atoms in total. The second-order valence-corrected chi connectivity index (χ2v) is 3.33. The molecule has 1 atom stereocenters. The number of nitriles is 1. The molecule has 0 bridgehead atoms. The minimum Gasteiger partial charge on any atom is -0.306 e. The van der Waals surface area contributed by atoms with Gasteiger partial charge >= 0.3 is 0 Å². The molecule has 0 aromatic rings. The lowest BCUT2D eigenvalue weighted by molar-refractivity contribution is -0.0995. The lowest BCUT2D eigenvalue weighted by Crippen LogP contribution is -2.45. The fourth-order valence-electron chi connectivity index (χ4n) is 1.47. The topological polar surface area (TPSA) is 27.0 Å². The molecule has 0 radical (unpaired) electrons. The predicted octanol–water partition coefficient (Wildman–Crippen LogP) is 1.49. The highest BCUT2D eigenvalue weighted by molar-refractivity contribution is 4.90. The molecule has 0 N–H and O–H groups in total. The number of rotatable bonds is 1. The van der Waals surface area contributed by atoms with E-state index in [-0.39, 0.29) is 12.8 Å². The molecule has 0 aromatic heterocycles. The fourth-order valence-corrected chi connectivity index (χ4v) is 1.47. The molecule has 4 heteroatoms. The molecule has 1 rings (SSSR count). The van der Waals surface area contributed by atoms with Crippen molar-refractivity contribution in [3.8, 4) is 6.07 Å². The molecule has 1 saturated heterocycles. The Kier molecular flexibility index (Phi) is 2.63. The normalized spacial score (nSPS) is 29.7. The molecule has 0 aliphatic carbocycles. The molecule has 1 heterocycles. The van der Waals surface area contributed by atoms with Gasteiger partial charge in [0, 0.05) is 31.8 Å². The first-order valence-electron chi connectivity index (χ1n) is 3.99. The van der Waals surface area contributed by atoms with Crippen molar-refractivity contribution in [1.29, 1.82) is 5.26 Å². The third-order valence-electron chi connectivity index (χ3n) is 2.29. The second-order valence-electron chi connectivity index (χ2n) is 3.33. The van der Waals surface area contributed by atoms with Gasteiger partial charge in [0.05, 0.1) is 6.07 Å². The lowest BCUT2D eigenvalue weighted by Gasteiger charge is -2.35. The van der Waals surface area contributed by atoms with Crippen LogP contribution in [0.5, 0.6) is 0 Å². The Morgan fingerprint density at radius 3 is 2.92 bits per heavy atom. The Hall–Kier alpha value is -0.690. The van der Waals surface area contributed by atoms with Crippen molar-refractivity contribution in [1.82, 2.24) is 4.90 Å². The van der Waals surface area contributed by atoms with Crippen LogP contribution in [0.15, 0.2) is 0 Å². The van der Waals surface area contributed by atoms with Gasteiger partial charge < -0.3 is 4.90 Å². The van der Waals surface area contributed by atoms with E-state index in [0.29, 0.717) is 13.1 Å². The maximum absolute atomic E-state index is 13.1. The van der Waals surface area contributed by atoms with Gasteiger partial charge in [-0.2, -0.15) is 5.26 Å². The monoisotopic (exact) mass is 174 g/mol. The highest BCUT2D eigenvalue weighted by atomic mass is 19.3. The molecule has 1 aliphatic heterocycles. The van der Waals surface area contributed by atoms with Crippen LogP contribution in [-0.4, -0.2) is 31.0 Å². The van der Waals surface area contributed by atoms with Crippen molar-refractivity contribution in [2.45, 2.75) is 18.8 Å². The predicted molar refractivity (Wildman–Crippen MR) is 40.8 cm³/mol. The number of likely N-dealkylation sites (tertiary alicyclic amines) is 1. The fraction of sp³-hybridized carbons (Fsp3) is 0.875. The molecular weight excluding hydrogens is 162 g/mol. The summed E-state index contributed by atoms with van der Waals surface area (Å²) >= 11 is 0. The highest BCUT2D eigenvalue weighted by Crippen LogP contribution is 2.34. The van der Waals surface area contributed by atoms with E-state index in [0.717, 1.165) is 0 Å². The van der Waals surface area contributed by atoms with Crippen molar-refractivity contribution < 1.29 is 8.78 Å². The number of nitrogens with zero attached hydrogens (tertiary/aromatic N) is 2. The third kappa shape index (κ3) is 1.92. The number of hydrogen-bond acceptors (Lipinski definition) is 2. The Balaban J connectivity index is 2.60. The quantitative estimate of drug-likeness (QED) is 0.602. The summed E-state index contributed by atoms with van der Waals surface area (Å²) in [5.41, 5.74) is 0.